The molecule has 2 fully saturated rings. The van der Waals surface area contributed by atoms with E-state index in [0.717, 1.165) is 38.3 Å². The van der Waals surface area contributed by atoms with E-state index in [4.69, 9.17) is 4.74 Å². The molecule has 0 unspecified atom stereocenters. The average molecular weight is 392 g/mol. The number of hydrogen-bond acceptors (Lipinski definition) is 4. The summed E-state index contributed by atoms with van der Waals surface area (Å²) in [5, 5.41) is 3.25. The number of carbonyl (C=O) groups excluding carboxylic acids is 1. The van der Waals surface area contributed by atoms with Gasteiger partial charge in [0.15, 0.2) is 0 Å². The molecule has 5 heteroatoms. The molecule has 5 nitrogen and oxygen atoms in total. The monoisotopic (exact) mass is 391 g/mol. The van der Waals surface area contributed by atoms with Crippen LogP contribution in [-0.4, -0.2) is 45.2 Å². The fourth-order valence-electron chi connectivity index (χ4n) is 4.78. The highest BCUT2D eigenvalue weighted by Crippen LogP contribution is 2.39. The van der Waals surface area contributed by atoms with E-state index < -0.39 is 0 Å². The van der Waals surface area contributed by atoms with Gasteiger partial charge in [0.05, 0.1) is 19.1 Å². The maximum atomic E-state index is 13.2. The lowest BCUT2D eigenvalue weighted by molar-refractivity contribution is -0.125. The number of methoxy groups -OCH3 is 1. The second-order valence-corrected chi connectivity index (χ2v) is 8.54. The number of para-hydroxylation sites is 1. The summed E-state index contributed by atoms with van der Waals surface area (Å²) in [5.74, 6) is 1.76. The predicted octanol–water partition coefficient (Wildman–Crippen LogP) is 3.09. The van der Waals surface area contributed by atoms with Gasteiger partial charge in [0.25, 0.3) is 0 Å². The molecule has 1 saturated heterocycles. The molecule has 1 saturated carbocycles. The van der Waals surface area contributed by atoms with Crippen molar-refractivity contribution in [2.24, 2.45) is 11.8 Å². The Hall–Kier alpha value is -2.69. The number of piperazine rings is 1. The molecule has 2 aromatic rings. The molecule has 1 amide bonds. The van der Waals surface area contributed by atoms with Crippen molar-refractivity contribution in [2.45, 2.75) is 25.3 Å². The molecule has 2 aliphatic heterocycles. The molecular weight excluding hydrogens is 362 g/mol. The lowest BCUT2D eigenvalue weighted by atomic mass is 9.83. The second-order valence-electron chi connectivity index (χ2n) is 8.54. The maximum Gasteiger partial charge on any atom is 0.225 e. The van der Waals surface area contributed by atoms with Crippen LogP contribution in [0.1, 0.15) is 18.4 Å². The number of nitrogens with zero attached hydrogens (tertiary/aromatic N) is 2. The second kappa shape index (κ2) is 7.62. The van der Waals surface area contributed by atoms with Crippen molar-refractivity contribution in [3.63, 3.8) is 0 Å². The number of amides is 1. The smallest absolute Gasteiger partial charge is 0.225 e. The number of hydrogen-bond donors (Lipinski definition) is 1. The van der Waals surface area contributed by atoms with E-state index in [1.165, 1.54) is 29.8 Å². The Balaban J connectivity index is 1.44. The van der Waals surface area contributed by atoms with Gasteiger partial charge in [0, 0.05) is 43.6 Å². The van der Waals surface area contributed by atoms with Crippen molar-refractivity contribution in [2.75, 3.05) is 43.1 Å². The van der Waals surface area contributed by atoms with Crippen LogP contribution in [0.2, 0.25) is 0 Å². The quantitative estimate of drug-likeness (QED) is 0.851. The van der Waals surface area contributed by atoms with Crippen LogP contribution in [0.4, 0.5) is 11.4 Å². The van der Waals surface area contributed by atoms with Gasteiger partial charge in [0.2, 0.25) is 5.91 Å². The number of fused-ring (bicyclic) bond motifs is 3. The minimum absolute atomic E-state index is 0.0267. The molecule has 2 heterocycles. The Morgan fingerprint density at radius 2 is 1.97 bits per heavy atom. The first kappa shape index (κ1) is 18.3. The number of benzene rings is 2. The van der Waals surface area contributed by atoms with E-state index in [-0.39, 0.29) is 17.9 Å². The Morgan fingerprint density at radius 3 is 2.72 bits per heavy atom. The van der Waals surface area contributed by atoms with E-state index in [0.29, 0.717) is 5.92 Å². The fraction of sp³-hybridized carbons (Fsp3) is 0.458. The van der Waals surface area contributed by atoms with E-state index in [9.17, 15) is 4.79 Å². The van der Waals surface area contributed by atoms with Crippen LogP contribution in [0.25, 0.3) is 0 Å². The van der Waals surface area contributed by atoms with E-state index in [2.05, 4.69) is 57.6 Å². The predicted molar refractivity (Wildman–Crippen MR) is 116 cm³/mol. The van der Waals surface area contributed by atoms with Crippen molar-refractivity contribution in [1.29, 1.82) is 0 Å². The Morgan fingerprint density at radius 1 is 1.14 bits per heavy atom. The van der Waals surface area contributed by atoms with Gasteiger partial charge in [-0.1, -0.05) is 24.3 Å². The molecule has 3 aliphatic rings. The van der Waals surface area contributed by atoms with E-state index in [1.807, 2.05) is 6.07 Å². The molecule has 5 rings (SSSR count). The van der Waals surface area contributed by atoms with Gasteiger partial charge in [0.1, 0.15) is 5.75 Å². The van der Waals surface area contributed by atoms with Crippen LogP contribution in [-0.2, 0) is 11.2 Å². The summed E-state index contributed by atoms with van der Waals surface area (Å²) in [5.41, 5.74) is 3.72. The zero-order valence-electron chi connectivity index (χ0n) is 17.0. The molecular formula is C24H29N3O2. The zero-order valence-corrected chi connectivity index (χ0v) is 17.0. The SMILES string of the molecule is COc1ccc2c(c1)N1CCN(c3ccccc3)C[C@@H]1[C@H](C(=O)NCC1CC1)C2. The lowest BCUT2D eigenvalue weighted by Gasteiger charge is -2.49. The maximum absolute atomic E-state index is 13.2. The Labute approximate surface area is 172 Å². The van der Waals surface area contributed by atoms with Crippen LogP contribution in [0, 0.1) is 11.8 Å². The first-order valence-electron chi connectivity index (χ1n) is 10.7. The molecule has 0 radical (unpaired) electrons. The largest absolute Gasteiger partial charge is 0.497 e. The van der Waals surface area contributed by atoms with Gasteiger partial charge in [-0.15, -0.1) is 0 Å². The summed E-state index contributed by atoms with van der Waals surface area (Å²) < 4.78 is 5.48. The molecule has 2 aromatic carbocycles. The molecule has 1 N–H and O–H groups in total. The normalized spacial score (nSPS) is 23.2. The number of anilines is 2. The van der Waals surface area contributed by atoms with Crippen molar-refractivity contribution in [1.82, 2.24) is 5.32 Å². The fourth-order valence-corrected chi connectivity index (χ4v) is 4.78. The van der Waals surface area contributed by atoms with Crippen LogP contribution in [0.3, 0.4) is 0 Å². The van der Waals surface area contributed by atoms with Gasteiger partial charge in [-0.25, -0.2) is 0 Å². The summed E-state index contributed by atoms with van der Waals surface area (Å²) in [6.45, 7) is 3.56. The summed E-state index contributed by atoms with van der Waals surface area (Å²) in [4.78, 5) is 18.1. The molecule has 0 bridgehead atoms. The minimum Gasteiger partial charge on any atom is -0.497 e. The highest BCUT2D eigenvalue weighted by atomic mass is 16.5. The topological polar surface area (TPSA) is 44.8 Å². The van der Waals surface area contributed by atoms with E-state index in [1.54, 1.807) is 7.11 Å². The van der Waals surface area contributed by atoms with Crippen LogP contribution in [0.15, 0.2) is 48.5 Å². The van der Waals surface area contributed by atoms with E-state index >= 15 is 0 Å². The highest BCUT2D eigenvalue weighted by molar-refractivity contribution is 5.82. The molecule has 152 valence electrons. The third kappa shape index (κ3) is 3.66. The van der Waals surface area contributed by atoms with Gasteiger partial charge in [-0.05, 0) is 48.9 Å². The van der Waals surface area contributed by atoms with Crippen LogP contribution >= 0.6 is 0 Å². The number of rotatable bonds is 5. The summed E-state index contributed by atoms with van der Waals surface area (Å²) in [6, 6.07) is 17.0. The molecule has 0 spiro atoms. The third-order valence-electron chi connectivity index (χ3n) is 6.64. The number of nitrogens with one attached hydrogen (secondary N) is 1. The van der Waals surface area contributed by atoms with Crippen molar-refractivity contribution in [3.05, 3.63) is 54.1 Å². The van der Waals surface area contributed by atoms with Gasteiger partial charge in [-0.2, -0.15) is 0 Å². The van der Waals surface area contributed by atoms with Crippen molar-refractivity contribution < 1.29 is 9.53 Å². The van der Waals surface area contributed by atoms with Crippen LogP contribution in [0.5, 0.6) is 5.75 Å². The Bertz CT molecular complexity index is 881. The average Bonchev–Trinajstić information content (AvgIpc) is 3.61. The number of carbonyl (C=O) groups is 1. The van der Waals surface area contributed by atoms with Crippen LogP contribution < -0.4 is 19.9 Å². The summed E-state index contributed by atoms with van der Waals surface area (Å²) >= 11 is 0. The van der Waals surface area contributed by atoms with Gasteiger partial charge < -0.3 is 19.9 Å². The summed E-state index contributed by atoms with van der Waals surface area (Å²) in [7, 11) is 1.71. The van der Waals surface area contributed by atoms with Crippen molar-refractivity contribution in [3.8, 4) is 5.75 Å². The molecule has 1 aliphatic carbocycles. The summed E-state index contributed by atoms with van der Waals surface area (Å²) in [6.07, 6.45) is 3.30. The molecule has 29 heavy (non-hydrogen) atoms. The van der Waals surface area contributed by atoms with Crippen molar-refractivity contribution >= 4 is 17.3 Å². The molecule has 0 aromatic heterocycles. The zero-order chi connectivity index (χ0) is 19.8. The lowest BCUT2D eigenvalue weighted by Crippen LogP contribution is -2.61. The van der Waals surface area contributed by atoms with Gasteiger partial charge >= 0.3 is 0 Å². The third-order valence-corrected chi connectivity index (χ3v) is 6.64. The van der Waals surface area contributed by atoms with Gasteiger partial charge in [-0.3, -0.25) is 4.79 Å². The molecule has 2 atom stereocenters. The first-order valence-corrected chi connectivity index (χ1v) is 10.7. The standard InChI is InChI=1S/C24H29N3O2/c1-29-20-10-9-18-13-21(24(28)25-15-17-7-8-17)23-16-26(19-5-3-2-4-6-19)11-12-27(23)22(18)14-20/h2-6,9-10,14,17,21,23H,7-8,11-13,15-16H2,1H3,(H,25,28)/t21-,23-/m1/s1. The number of ether oxygens (including phenoxy) is 1. The minimum atomic E-state index is -0.0267. The first-order chi connectivity index (χ1) is 14.2. The highest BCUT2D eigenvalue weighted by Gasteiger charge is 2.42. The Kier molecular flexibility index (Phi) is 4.82.